The minimum absolute atomic E-state index is 0.291. The largest absolute Gasteiger partial charge is 0.508 e. The zero-order valence-electron chi connectivity index (χ0n) is 12.5. The van der Waals surface area contributed by atoms with E-state index in [1.807, 2.05) is 60.7 Å². The Balaban J connectivity index is 1.75. The first-order valence-corrected chi connectivity index (χ1v) is 7.38. The third-order valence-electron chi connectivity index (χ3n) is 3.72. The smallest absolute Gasteiger partial charge is 0.120 e. The van der Waals surface area contributed by atoms with Gasteiger partial charge < -0.3 is 10.4 Å². The average molecular weight is 300 g/mol. The summed E-state index contributed by atoms with van der Waals surface area (Å²) in [5.41, 5.74) is 4.43. The Kier molecular flexibility index (Phi) is 4.26. The molecule has 0 aliphatic heterocycles. The normalized spacial score (nSPS) is 10.0. The lowest BCUT2D eigenvalue weighted by atomic mass is 10.0. The number of nitriles is 1. The van der Waals surface area contributed by atoms with Gasteiger partial charge in [-0.3, -0.25) is 0 Å². The van der Waals surface area contributed by atoms with Crippen molar-refractivity contribution in [2.45, 2.75) is 6.54 Å². The van der Waals surface area contributed by atoms with E-state index in [2.05, 4.69) is 11.4 Å². The summed E-state index contributed by atoms with van der Waals surface area (Å²) in [5.74, 6) is 0.291. The molecule has 112 valence electrons. The van der Waals surface area contributed by atoms with Crippen LogP contribution >= 0.6 is 0 Å². The quantitative estimate of drug-likeness (QED) is 0.743. The predicted octanol–water partition coefficient (Wildman–Crippen LogP) is 4.54. The first kappa shape index (κ1) is 14.7. The summed E-state index contributed by atoms with van der Waals surface area (Å²) >= 11 is 0. The summed E-state index contributed by atoms with van der Waals surface area (Å²) in [6.07, 6.45) is 0. The van der Waals surface area contributed by atoms with Gasteiger partial charge in [-0.25, -0.2) is 0 Å². The molecular formula is C20H16N2O. The molecule has 0 radical (unpaired) electrons. The molecule has 3 aromatic carbocycles. The number of phenols is 1. The number of aromatic hydroxyl groups is 1. The number of hydrogen-bond acceptors (Lipinski definition) is 3. The van der Waals surface area contributed by atoms with Crippen molar-refractivity contribution in [3.63, 3.8) is 0 Å². The van der Waals surface area contributed by atoms with Crippen molar-refractivity contribution in [1.29, 1.82) is 5.26 Å². The Hall–Kier alpha value is -3.25. The Morgan fingerprint density at radius 1 is 0.870 bits per heavy atom. The zero-order chi connectivity index (χ0) is 16.1. The third kappa shape index (κ3) is 3.33. The van der Waals surface area contributed by atoms with E-state index in [4.69, 9.17) is 0 Å². The molecule has 3 rings (SSSR count). The molecule has 0 bridgehead atoms. The van der Waals surface area contributed by atoms with Crippen molar-refractivity contribution < 1.29 is 5.11 Å². The van der Waals surface area contributed by atoms with Crippen molar-refractivity contribution in [3.05, 3.63) is 83.9 Å². The highest BCUT2D eigenvalue weighted by atomic mass is 16.3. The molecule has 0 atom stereocenters. The van der Waals surface area contributed by atoms with Gasteiger partial charge in [0.05, 0.1) is 11.6 Å². The summed E-state index contributed by atoms with van der Waals surface area (Å²) in [4.78, 5) is 0. The maximum atomic E-state index is 9.77. The molecule has 3 nitrogen and oxygen atoms in total. The van der Waals surface area contributed by atoms with Crippen LogP contribution in [0.2, 0.25) is 0 Å². The molecule has 0 aliphatic rings. The van der Waals surface area contributed by atoms with Crippen molar-refractivity contribution in [3.8, 4) is 22.9 Å². The number of nitrogens with zero attached hydrogens (tertiary/aromatic N) is 1. The fraction of sp³-hybridized carbons (Fsp3) is 0.0500. The van der Waals surface area contributed by atoms with Crippen LogP contribution < -0.4 is 5.32 Å². The molecule has 0 saturated heterocycles. The molecular weight excluding hydrogens is 284 g/mol. The highest BCUT2D eigenvalue weighted by Gasteiger charge is 2.04. The van der Waals surface area contributed by atoms with Gasteiger partial charge in [0, 0.05) is 17.8 Å². The van der Waals surface area contributed by atoms with Gasteiger partial charge in [0.2, 0.25) is 0 Å². The van der Waals surface area contributed by atoms with Crippen molar-refractivity contribution in [1.82, 2.24) is 0 Å². The molecule has 0 amide bonds. The monoisotopic (exact) mass is 300 g/mol. The average Bonchev–Trinajstić information content (AvgIpc) is 2.61. The maximum Gasteiger partial charge on any atom is 0.120 e. The lowest BCUT2D eigenvalue weighted by Crippen LogP contribution is -1.99. The Morgan fingerprint density at radius 2 is 1.57 bits per heavy atom. The van der Waals surface area contributed by atoms with Crippen LogP contribution in [0.3, 0.4) is 0 Å². The second kappa shape index (κ2) is 6.67. The van der Waals surface area contributed by atoms with Crippen LogP contribution in [0.5, 0.6) is 5.75 Å². The maximum absolute atomic E-state index is 9.77. The molecule has 2 N–H and O–H groups in total. The molecule has 0 saturated carbocycles. The summed E-state index contributed by atoms with van der Waals surface area (Å²) in [6, 6.07) is 25.0. The zero-order valence-corrected chi connectivity index (χ0v) is 12.5. The third-order valence-corrected chi connectivity index (χ3v) is 3.72. The van der Waals surface area contributed by atoms with Crippen LogP contribution in [0.1, 0.15) is 11.1 Å². The molecule has 0 unspecified atom stereocenters. The van der Waals surface area contributed by atoms with Gasteiger partial charge in [-0.1, -0.05) is 48.5 Å². The van der Waals surface area contributed by atoms with E-state index in [9.17, 15) is 10.4 Å². The van der Waals surface area contributed by atoms with Crippen LogP contribution in [0.25, 0.3) is 11.1 Å². The Bertz CT molecular complexity index is 848. The van der Waals surface area contributed by atoms with Gasteiger partial charge in [0.25, 0.3) is 0 Å². The fourth-order valence-electron chi connectivity index (χ4n) is 2.46. The standard InChI is InChI=1S/C20H16N2O/c21-13-16-5-1-3-7-19(16)15-9-11-18(12-10-15)22-14-17-6-2-4-8-20(17)23/h1-12,22-23H,14H2. The summed E-state index contributed by atoms with van der Waals surface area (Å²) in [6.45, 7) is 0.556. The van der Waals surface area contributed by atoms with Gasteiger partial charge in [-0.15, -0.1) is 0 Å². The highest BCUT2D eigenvalue weighted by molar-refractivity contribution is 5.71. The Morgan fingerprint density at radius 3 is 2.30 bits per heavy atom. The van der Waals surface area contributed by atoms with Crippen molar-refractivity contribution >= 4 is 5.69 Å². The number of hydrogen-bond donors (Lipinski definition) is 2. The van der Waals surface area contributed by atoms with E-state index >= 15 is 0 Å². The summed E-state index contributed by atoms with van der Waals surface area (Å²) in [7, 11) is 0. The van der Waals surface area contributed by atoms with E-state index in [0.717, 1.165) is 22.4 Å². The van der Waals surface area contributed by atoms with Crippen LogP contribution in [0.15, 0.2) is 72.8 Å². The topological polar surface area (TPSA) is 56.0 Å². The fourth-order valence-corrected chi connectivity index (χ4v) is 2.46. The van der Waals surface area contributed by atoms with E-state index < -0.39 is 0 Å². The summed E-state index contributed by atoms with van der Waals surface area (Å²) < 4.78 is 0. The molecule has 0 aliphatic carbocycles. The number of benzene rings is 3. The van der Waals surface area contributed by atoms with Gasteiger partial charge in [0.15, 0.2) is 0 Å². The molecule has 0 aromatic heterocycles. The van der Waals surface area contributed by atoms with Gasteiger partial charge >= 0.3 is 0 Å². The van der Waals surface area contributed by atoms with Crippen LogP contribution in [0, 0.1) is 11.3 Å². The number of nitrogens with one attached hydrogen (secondary N) is 1. The first-order valence-electron chi connectivity index (χ1n) is 7.38. The SMILES string of the molecule is N#Cc1ccccc1-c1ccc(NCc2ccccc2O)cc1. The molecule has 0 fully saturated rings. The molecule has 23 heavy (non-hydrogen) atoms. The lowest BCUT2D eigenvalue weighted by molar-refractivity contribution is 0.469. The number of anilines is 1. The first-order chi connectivity index (χ1) is 11.3. The van der Waals surface area contributed by atoms with E-state index in [0.29, 0.717) is 17.9 Å². The number of para-hydroxylation sites is 1. The second-order valence-electron chi connectivity index (χ2n) is 5.22. The Labute approximate surface area is 135 Å². The minimum Gasteiger partial charge on any atom is -0.508 e. The molecule has 3 aromatic rings. The number of rotatable bonds is 4. The van der Waals surface area contributed by atoms with Crippen LogP contribution in [-0.2, 0) is 6.54 Å². The summed E-state index contributed by atoms with van der Waals surface area (Å²) in [5, 5.41) is 22.2. The minimum atomic E-state index is 0.291. The van der Waals surface area contributed by atoms with Crippen LogP contribution in [-0.4, -0.2) is 5.11 Å². The second-order valence-corrected chi connectivity index (χ2v) is 5.22. The molecule has 3 heteroatoms. The van der Waals surface area contributed by atoms with Crippen molar-refractivity contribution in [2.24, 2.45) is 0 Å². The van der Waals surface area contributed by atoms with Crippen molar-refractivity contribution in [2.75, 3.05) is 5.32 Å². The van der Waals surface area contributed by atoms with E-state index in [-0.39, 0.29) is 0 Å². The molecule has 0 spiro atoms. The molecule has 0 heterocycles. The highest BCUT2D eigenvalue weighted by Crippen LogP contribution is 2.25. The van der Waals surface area contributed by atoms with E-state index in [1.165, 1.54) is 0 Å². The van der Waals surface area contributed by atoms with E-state index in [1.54, 1.807) is 12.1 Å². The number of phenolic OH excluding ortho intramolecular Hbond substituents is 1. The predicted molar refractivity (Wildman–Crippen MR) is 92.0 cm³/mol. The van der Waals surface area contributed by atoms with Gasteiger partial charge in [-0.2, -0.15) is 5.26 Å². The van der Waals surface area contributed by atoms with Gasteiger partial charge in [0.1, 0.15) is 5.75 Å². The van der Waals surface area contributed by atoms with Gasteiger partial charge in [-0.05, 0) is 35.4 Å². The van der Waals surface area contributed by atoms with Crippen LogP contribution in [0.4, 0.5) is 5.69 Å². The lowest BCUT2D eigenvalue weighted by Gasteiger charge is -2.09.